The number of carboxylic acids is 1. The molecule has 0 fully saturated rings. The molecule has 0 amide bonds. The zero-order chi connectivity index (χ0) is 16.0. The molecule has 0 saturated heterocycles. The minimum absolute atomic E-state index is 0.118. The van der Waals surface area contributed by atoms with Gasteiger partial charge in [0.05, 0.1) is 21.5 Å². The Morgan fingerprint density at radius 1 is 1.05 bits per heavy atom. The van der Waals surface area contributed by atoms with E-state index in [1.807, 2.05) is 0 Å². The van der Waals surface area contributed by atoms with Gasteiger partial charge >= 0.3 is 5.97 Å². The number of rotatable bonds is 1. The predicted molar refractivity (Wildman–Crippen MR) is 75.0 cm³/mol. The zero-order valence-corrected chi connectivity index (χ0v) is 12.7. The lowest BCUT2D eigenvalue weighted by Crippen LogP contribution is -2.03. The van der Waals surface area contributed by atoms with Crippen LogP contribution in [-0.2, 0) is 4.79 Å². The van der Waals surface area contributed by atoms with Gasteiger partial charge in [-0.25, -0.2) is 0 Å². The maximum Gasteiger partial charge on any atom is 0.305 e. The highest BCUT2D eigenvalue weighted by atomic mass is 35.5. The predicted octanol–water partition coefficient (Wildman–Crippen LogP) is 3.82. The van der Waals surface area contributed by atoms with Gasteiger partial charge in [-0.15, -0.1) is 0 Å². The van der Waals surface area contributed by atoms with Gasteiger partial charge in [0.1, 0.15) is 22.7 Å². The van der Waals surface area contributed by atoms with Gasteiger partial charge in [0.2, 0.25) is 0 Å². The van der Waals surface area contributed by atoms with E-state index in [0.29, 0.717) is 0 Å². The smallest absolute Gasteiger partial charge is 0.305 e. The van der Waals surface area contributed by atoms with E-state index >= 15 is 0 Å². The summed E-state index contributed by atoms with van der Waals surface area (Å²) < 4.78 is 0. The van der Waals surface area contributed by atoms with E-state index in [0.717, 1.165) is 0 Å². The summed E-state index contributed by atoms with van der Waals surface area (Å²) >= 11 is 16.8. The lowest BCUT2D eigenvalue weighted by atomic mass is 10.1. The van der Waals surface area contributed by atoms with Crippen molar-refractivity contribution in [1.82, 2.24) is 0 Å². The number of nitriles is 2. The van der Waals surface area contributed by atoms with Crippen LogP contribution in [0.1, 0.15) is 25.0 Å². The second-order valence-electron chi connectivity index (χ2n) is 3.76. The maximum absolute atomic E-state index is 9.70. The van der Waals surface area contributed by atoms with Crippen molar-refractivity contribution in [3.05, 3.63) is 26.2 Å². The lowest BCUT2D eigenvalue weighted by Gasteiger charge is -2.06. The second-order valence-corrected chi connectivity index (χ2v) is 4.89. The summed E-state index contributed by atoms with van der Waals surface area (Å²) in [6.45, 7) is 3.28. The molecule has 0 saturated carbocycles. The number of nitrogens with zero attached hydrogens (tertiary/aromatic N) is 2. The van der Waals surface area contributed by atoms with Gasteiger partial charge in [-0.2, -0.15) is 10.5 Å². The Labute approximate surface area is 130 Å². The Kier molecular flexibility index (Phi) is 7.17. The molecular formula is C12H9Cl3N2O3. The van der Waals surface area contributed by atoms with Crippen LogP contribution in [0.5, 0.6) is 5.75 Å². The number of hydrogen-bond donors (Lipinski definition) is 2. The molecule has 0 heterocycles. The number of aromatic hydroxyl groups is 1. The number of aliphatic carboxylic acids is 1. The average molecular weight is 336 g/mol. The lowest BCUT2D eigenvalue weighted by molar-refractivity contribution is -0.140. The molecule has 2 N–H and O–H groups in total. The van der Waals surface area contributed by atoms with E-state index in [4.69, 9.17) is 50.4 Å². The Hall–Kier alpha value is -1.66. The molecule has 0 spiro atoms. The van der Waals surface area contributed by atoms with Gasteiger partial charge in [0, 0.05) is 0 Å². The molecule has 0 aliphatic carbocycles. The summed E-state index contributed by atoms with van der Waals surface area (Å²) in [5.41, 5.74) is -0.370. The molecule has 5 nitrogen and oxygen atoms in total. The summed E-state index contributed by atoms with van der Waals surface area (Å²) in [7, 11) is 0. The van der Waals surface area contributed by atoms with Crippen LogP contribution in [0.3, 0.4) is 0 Å². The first-order valence-electron chi connectivity index (χ1n) is 5.11. The fourth-order valence-electron chi connectivity index (χ4n) is 0.849. The van der Waals surface area contributed by atoms with Crippen molar-refractivity contribution in [2.75, 3.05) is 0 Å². The van der Waals surface area contributed by atoms with Crippen molar-refractivity contribution in [1.29, 1.82) is 10.5 Å². The molecule has 20 heavy (non-hydrogen) atoms. The first kappa shape index (κ1) is 18.3. The number of halogens is 3. The van der Waals surface area contributed by atoms with E-state index in [1.165, 1.54) is 0 Å². The number of phenols is 1. The molecule has 0 aromatic heterocycles. The summed E-state index contributed by atoms with van der Waals surface area (Å²) in [6.07, 6.45) is 0. The normalized spacial score (nSPS) is 9.20. The minimum atomic E-state index is -0.741. The molecule has 1 aromatic carbocycles. The Balaban J connectivity index is 0.000000511. The number of carboxylic acid groups (broad SMARTS) is 1. The Morgan fingerprint density at radius 3 is 1.75 bits per heavy atom. The average Bonchev–Trinajstić information content (AvgIpc) is 2.38. The summed E-state index contributed by atoms with van der Waals surface area (Å²) in [5, 5.41) is 34.0. The van der Waals surface area contributed by atoms with Gasteiger partial charge in [-0.3, -0.25) is 4.79 Å². The van der Waals surface area contributed by atoms with Gasteiger partial charge < -0.3 is 10.2 Å². The molecule has 1 rings (SSSR count). The van der Waals surface area contributed by atoms with Crippen molar-refractivity contribution in [2.24, 2.45) is 5.92 Å². The quantitative estimate of drug-likeness (QED) is 0.759. The number of carbonyl (C=O) groups is 1. The van der Waals surface area contributed by atoms with Gasteiger partial charge in [0.15, 0.2) is 5.75 Å². The third kappa shape index (κ3) is 4.18. The Morgan fingerprint density at radius 2 is 1.45 bits per heavy atom. The van der Waals surface area contributed by atoms with Crippen LogP contribution in [0.25, 0.3) is 0 Å². The fourth-order valence-corrected chi connectivity index (χ4v) is 1.58. The van der Waals surface area contributed by atoms with Crippen molar-refractivity contribution in [3.8, 4) is 17.9 Å². The fraction of sp³-hybridized carbons (Fsp3) is 0.250. The molecule has 8 heteroatoms. The maximum atomic E-state index is 9.70. The van der Waals surface area contributed by atoms with Gasteiger partial charge in [-0.1, -0.05) is 48.7 Å². The molecule has 0 bridgehead atoms. The van der Waals surface area contributed by atoms with Crippen LogP contribution in [0.4, 0.5) is 0 Å². The standard InChI is InChI=1S/C8HCl3N2O.C4H8O2/c9-5-3(1-12)6(10)7(11)8(14)4(5)2-13;1-3(2)4(5)6/h14H;3H,1-2H3,(H,5,6). The van der Waals surface area contributed by atoms with Crippen LogP contribution >= 0.6 is 34.8 Å². The molecule has 1 aromatic rings. The molecule has 0 aliphatic rings. The zero-order valence-electron chi connectivity index (χ0n) is 10.4. The van der Waals surface area contributed by atoms with Gasteiger partial charge in [-0.05, 0) is 0 Å². The molecular weight excluding hydrogens is 327 g/mol. The third-order valence-electron chi connectivity index (χ3n) is 2.01. The van der Waals surface area contributed by atoms with Crippen LogP contribution in [0, 0.1) is 28.6 Å². The van der Waals surface area contributed by atoms with Crippen molar-refractivity contribution in [2.45, 2.75) is 13.8 Å². The Bertz CT molecular complexity index is 575. The summed E-state index contributed by atoms with van der Waals surface area (Å²) in [6, 6.07) is 3.33. The number of hydrogen-bond acceptors (Lipinski definition) is 4. The van der Waals surface area contributed by atoms with E-state index < -0.39 is 11.7 Å². The SMILES string of the molecule is CC(C)C(=O)O.N#Cc1c(O)c(Cl)c(Cl)c(C#N)c1Cl. The summed E-state index contributed by atoms with van der Waals surface area (Å²) in [5.74, 6) is -1.48. The van der Waals surface area contributed by atoms with Crippen LogP contribution in [0.2, 0.25) is 15.1 Å². The first-order valence-corrected chi connectivity index (χ1v) is 6.24. The number of phenolic OH excluding ortho intramolecular Hbond substituents is 1. The van der Waals surface area contributed by atoms with E-state index in [9.17, 15) is 9.90 Å². The highest BCUT2D eigenvalue weighted by molar-refractivity contribution is 6.45. The summed E-state index contributed by atoms with van der Waals surface area (Å²) in [4.78, 5) is 9.70. The van der Waals surface area contributed by atoms with Crippen LogP contribution in [0.15, 0.2) is 0 Å². The monoisotopic (exact) mass is 334 g/mol. The highest BCUT2D eigenvalue weighted by Gasteiger charge is 2.20. The molecule has 0 unspecified atom stereocenters. The number of benzene rings is 1. The van der Waals surface area contributed by atoms with Crippen LogP contribution < -0.4 is 0 Å². The second kappa shape index (κ2) is 7.81. The van der Waals surface area contributed by atoms with E-state index in [2.05, 4.69) is 0 Å². The van der Waals surface area contributed by atoms with Crippen molar-refractivity contribution < 1.29 is 15.0 Å². The molecule has 106 valence electrons. The topological polar surface area (TPSA) is 105 Å². The van der Waals surface area contributed by atoms with Gasteiger partial charge in [0.25, 0.3) is 0 Å². The highest BCUT2D eigenvalue weighted by Crippen LogP contribution is 2.41. The van der Waals surface area contributed by atoms with Crippen molar-refractivity contribution >= 4 is 40.8 Å². The van der Waals surface area contributed by atoms with Crippen LogP contribution in [-0.4, -0.2) is 16.2 Å². The van der Waals surface area contributed by atoms with E-state index in [-0.39, 0.29) is 32.1 Å². The van der Waals surface area contributed by atoms with E-state index in [1.54, 1.807) is 26.0 Å². The minimum Gasteiger partial charge on any atom is -0.505 e. The first-order chi connectivity index (χ1) is 9.18. The van der Waals surface area contributed by atoms with Crippen molar-refractivity contribution in [3.63, 3.8) is 0 Å². The molecule has 0 atom stereocenters. The molecule has 0 aliphatic heterocycles. The molecule has 0 radical (unpaired) electrons. The largest absolute Gasteiger partial charge is 0.505 e. The third-order valence-corrected chi connectivity index (χ3v) is 3.23.